The van der Waals surface area contributed by atoms with Gasteiger partial charge < -0.3 is 34.0 Å². The molecule has 0 radical (unpaired) electrons. The number of methoxy groups -OCH3 is 1. The van der Waals surface area contributed by atoms with Gasteiger partial charge >= 0.3 is 18.0 Å². The van der Waals surface area contributed by atoms with E-state index in [1.807, 2.05) is 0 Å². The van der Waals surface area contributed by atoms with Crippen LogP contribution in [0.4, 0.5) is 4.79 Å². The first-order chi connectivity index (χ1) is 24.6. The van der Waals surface area contributed by atoms with Gasteiger partial charge in [-0.1, -0.05) is 25.7 Å². The van der Waals surface area contributed by atoms with Crippen molar-refractivity contribution in [2.75, 3.05) is 33.4 Å². The van der Waals surface area contributed by atoms with Gasteiger partial charge in [-0.05, 0) is 101 Å². The highest BCUT2D eigenvalue weighted by molar-refractivity contribution is 5.89. The van der Waals surface area contributed by atoms with Crippen LogP contribution in [0.2, 0.25) is 0 Å². The fourth-order valence-corrected chi connectivity index (χ4v) is 6.65. The first-order valence-electron chi connectivity index (χ1n) is 18.5. The second-order valence-corrected chi connectivity index (χ2v) is 12.9. The maximum atomic E-state index is 12.9. The summed E-state index contributed by atoms with van der Waals surface area (Å²) < 4.78 is 18.1. The highest BCUT2D eigenvalue weighted by Crippen LogP contribution is 2.22. The summed E-state index contributed by atoms with van der Waals surface area (Å²) in [4.78, 5) is 72.3. The van der Waals surface area contributed by atoms with E-state index >= 15 is 0 Å². The Morgan fingerprint density at radius 2 is 1.06 bits per heavy atom. The van der Waals surface area contributed by atoms with Crippen LogP contribution in [0.5, 0.6) is 0 Å². The summed E-state index contributed by atoms with van der Waals surface area (Å²) in [6, 6.07) is 3.47. The number of aryl methyl sites for hydroxylation is 2. The van der Waals surface area contributed by atoms with E-state index in [0.717, 1.165) is 86.7 Å². The minimum atomic E-state index is -0.566. The number of aromatic nitrogens is 2. The van der Waals surface area contributed by atoms with E-state index in [2.05, 4.69) is 15.4 Å². The molecule has 4 rings (SSSR count). The van der Waals surface area contributed by atoms with Crippen molar-refractivity contribution in [2.24, 2.45) is 0 Å². The third-order valence-electron chi connectivity index (χ3n) is 9.14. The number of hydrogen-bond donors (Lipinski definition) is 2. The van der Waals surface area contributed by atoms with Crippen molar-refractivity contribution in [1.82, 2.24) is 19.8 Å². The number of nitrogens with one attached hydrogen (secondary N) is 2. The Kier molecular flexibility index (Phi) is 17.5. The molecule has 0 saturated carbocycles. The third kappa shape index (κ3) is 12.4. The van der Waals surface area contributed by atoms with Gasteiger partial charge in [-0.2, -0.15) is 0 Å². The van der Waals surface area contributed by atoms with Crippen LogP contribution in [0, 0.1) is 0 Å². The minimum absolute atomic E-state index is 0.0806. The molecule has 0 atom stereocenters. The van der Waals surface area contributed by atoms with Gasteiger partial charge in [0.1, 0.15) is 11.1 Å². The molecule has 13 nitrogen and oxygen atoms in total. The molecule has 0 unspecified atom stereocenters. The number of rotatable bonds is 12. The van der Waals surface area contributed by atoms with E-state index in [-0.39, 0.29) is 41.4 Å². The number of carbonyl (C=O) groups is 4. The molecule has 0 aromatic carbocycles. The van der Waals surface area contributed by atoms with Gasteiger partial charge in [0.15, 0.2) is 0 Å². The number of carbonyl (C=O) groups excluding carboxylic acids is 4. The van der Waals surface area contributed by atoms with E-state index in [1.54, 1.807) is 35.1 Å². The van der Waals surface area contributed by atoms with Crippen LogP contribution in [-0.4, -0.2) is 66.5 Å². The molecule has 51 heavy (non-hydrogen) atoms. The summed E-state index contributed by atoms with van der Waals surface area (Å²) in [7, 11) is 1.31. The number of fused-ring (bicyclic) bond motifs is 2. The Morgan fingerprint density at radius 3 is 1.45 bits per heavy atom. The van der Waals surface area contributed by atoms with Crippen molar-refractivity contribution in [3.05, 3.63) is 66.5 Å². The monoisotopic (exact) mass is 712 g/mol. The quantitative estimate of drug-likeness (QED) is 0.181. The van der Waals surface area contributed by atoms with Gasteiger partial charge in [0, 0.05) is 44.5 Å². The van der Waals surface area contributed by atoms with Gasteiger partial charge in [-0.15, -0.1) is 0 Å². The highest BCUT2D eigenvalue weighted by Gasteiger charge is 2.22. The smallest absolute Gasteiger partial charge is 0.406 e. The topological polar surface area (TPSA) is 164 Å². The Hall–Kier alpha value is -4.42. The first kappa shape index (κ1) is 41.0. The zero-order chi connectivity index (χ0) is 37.2. The third-order valence-corrected chi connectivity index (χ3v) is 9.14. The number of hydrogen-bond acceptors (Lipinski definition) is 9. The summed E-state index contributed by atoms with van der Waals surface area (Å²) >= 11 is 0. The van der Waals surface area contributed by atoms with Crippen LogP contribution in [0.3, 0.4) is 0 Å². The molecule has 0 saturated heterocycles. The number of pyridine rings is 2. The molecule has 2 amide bonds. The number of nitrogens with zero attached hydrogens (tertiary/aromatic N) is 2. The molecule has 0 bridgehead atoms. The van der Waals surface area contributed by atoms with Crippen molar-refractivity contribution in [3.8, 4) is 0 Å². The zero-order valence-corrected chi connectivity index (χ0v) is 30.9. The summed E-state index contributed by atoms with van der Waals surface area (Å²) in [5.41, 5.74) is 3.85. The minimum Gasteiger partial charge on any atom is -0.462 e. The van der Waals surface area contributed by atoms with E-state index in [1.165, 1.54) is 26.9 Å². The van der Waals surface area contributed by atoms with Gasteiger partial charge in [0.25, 0.3) is 11.1 Å². The molecule has 0 spiro atoms. The van der Waals surface area contributed by atoms with Gasteiger partial charge in [-0.3, -0.25) is 14.4 Å². The maximum absolute atomic E-state index is 12.9. The number of alkyl carbamates (subject to hydrolysis) is 1. The van der Waals surface area contributed by atoms with Gasteiger partial charge in [-0.25, -0.2) is 14.4 Å². The van der Waals surface area contributed by atoms with Gasteiger partial charge in [0.2, 0.25) is 5.91 Å². The molecule has 2 heterocycles. The summed E-state index contributed by atoms with van der Waals surface area (Å²) in [6.45, 7) is 7.27. The van der Waals surface area contributed by atoms with Crippen LogP contribution < -0.4 is 21.8 Å². The lowest BCUT2D eigenvalue weighted by Crippen LogP contribution is -2.33. The van der Waals surface area contributed by atoms with Crippen molar-refractivity contribution in [2.45, 2.75) is 124 Å². The predicted molar refractivity (Wildman–Crippen MR) is 193 cm³/mol. The lowest BCUT2D eigenvalue weighted by atomic mass is 9.95. The van der Waals surface area contributed by atoms with E-state index < -0.39 is 18.0 Å². The molecule has 2 aliphatic rings. The Bertz CT molecular complexity index is 1610. The van der Waals surface area contributed by atoms with E-state index in [9.17, 15) is 28.8 Å². The average Bonchev–Trinajstić information content (AvgIpc) is 3.08. The molecular formula is C38H56N4O9. The summed E-state index contributed by atoms with van der Waals surface area (Å²) in [5, 5.41) is 5.36. The van der Waals surface area contributed by atoms with Gasteiger partial charge in [0.05, 0.1) is 20.3 Å². The maximum Gasteiger partial charge on any atom is 0.406 e. The molecule has 0 fully saturated rings. The average molecular weight is 713 g/mol. The Labute approximate surface area is 300 Å². The highest BCUT2D eigenvalue weighted by atomic mass is 16.5. The van der Waals surface area contributed by atoms with Crippen LogP contribution in [-0.2, 0) is 57.8 Å². The SMILES string of the molecule is CCOC(=O)c1cc2c(n(CCCNC(=O)OC)c1=O)CCCCCC2.CCOC(=O)c1cc2c(n(CCCNC(C)=O)c1=O)CCCCCC2. The second-order valence-electron chi connectivity index (χ2n) is 12.9. The molecule has 0 aliphatic heterocycles. The van der Waals surface area contributed by atoms with Crippen LogP contribution in [0.25, 0.3) is 0 Å². The standard InChI is InChI=1S/C19H28N2O5.C19H28N2O4/c1-3-26-18(23)15-13-14-9-6-4-5-7-10-16(14)21(17(15)22)12-8-11-20-19(24)25-2;1-3-25-19(24)16-13-15-9-6-4-5-7-10-17(15)21(18(16)23)12-8-11-20-14(2)22/h13H,3-12H2,1-2H3,(H,20,24);13H,3-12H2,1-2H3,(H,20,22). The normalized spacial score (nSPS) is 14.0. The van der Waals surface area contributed by atoms with Crippen LogP contribution in [0.15, 0.2) is 21.7 Å². The van der Waals surface area contributed by atoms with E-state index in [0.29, 0.717) is 39.0 Å². The van der Waals surface area contributed by atoms with E-state index in [4.69, 9.17) is 9.47 Å². The lowest BCUT2D eigenvalue weighted by Gasteiger charge is -2.21. The van der Waals surface area contributed by atoms with Crippen molar-refractivity contribution in [1.29, 1.82) is 0 Å². The van der Waals surface area contributed by atoms with Crippen molar-refractivity contribution in [3.63, 3.8) is 0 Å². The predicted octanol–water partition coefficient (Wildman–Crippen LogP) is 4.64. The number of amides is 2. The fraction of sp³-hybridized carbons (Fsp3) is 0.632. The van der Waals surface area contributed by atoms with Crippen LogP contribution in [0.1, 0.15) is 128 Å². The Balaban J connectivity index is 0.000000276. The fourth-order valence-electron chi connectivity index (χ4n) is 6.65. The molecular weight excluding hydrogens is 656 g/mol. The molecule has 13 heteroatoms. The largest absolute Gasteiger partial charge is 0.462 e. The number of esters is 2. The zero-order valence-electron chi connectivity index (χ0n) is 30.9. The molecule has 2 aromatic rings. The molecule has 282 valence electrons. The van der Waals surface area contributed by atoms with Crippen molar-refractivity contribution >= 4 is 23.9 Å². The summed E-state index contributed by atoms with van der Waals surface area (Å²) in [6.07, 6.45) is 13.0. The Morgan fingerprint density at radius 1 is 0.647 bits per heavy atom. The second kappa shape index (κ2) is 21.7. The molecule has 2 aromatic heterocycles. The molecule has 2 aliphatic carbocycles. The number of ether oxygens (including phenoxy) is 3. The van der Waals surface area contributed by atoms with Crippen LogP contribution >= 0.6 is 0 Å². The lowest BCUT2D eigenvalue weighted by molar-refractivity contribution is -0.118. The first-order valence-corrected chi connectivity index (χ1v) is 18.5. The van der Waals surface area contributed by atoms with Crippen molar-refractivity contribution < 1.29 is 33.4 Å². The molecule has 2 N–H and O–H groups in total. The summed E-state index contributed by atoms with van der Waals surface area (Å²) in [5.74, 6) is -1.19.